The minimum absolute atomic E-state index is 0.0792. The number of hydrogen-bond donors (Lipinski definition) is 3. The number of aliphatic hydroxyl groups excluding tert-OH is 1. The Morgan fingerprint density at radius 1 is 0.296 bits per heavy atom. The first-order valence-electron chi connectivity index (χ1n) is 38.8. The van der Waals surface area contributed by atoms with Crippen molar-refractivity contribution >= 4 is 39.5 Å². The monoisotopic (exact) mass is 1420 g/mol. The molecule has 0 radical (unpaired) electrons. The molecule has 0 aliphatic heterocycles. The van der Waals surface area contributed by atoms with Gasteiger partial charge >= 0.3 is 39.5 Å². The summed E-state index contributed by atoms with van der Waals surface area (Å²) in [5.74, 6) is -2.21. The Balaban J connectivity index is 5.34. The van der Waals surface area contributed by atoms with Crippen molar-refractivity contribution in [2.75, 3.05) is 39.6 Å². The van der Waals surface area contributed by atoms with E-state index in [9.17, 15) is 43.2 Å². The average Bonchev–Trinajstić information content (AvgIpc) is 0.986. The summed E-state index contributed by atoms with van der Waals surface area (Å²) in [4.78, 5) is 72.8. The first kappa shape index (κ1) is 94.2. The van der Waals surface area contributed by atoms with Crippen molar-refractivity contribution in [2.45, 2.75) is 354 Å². The number of ether oxygens (including phenoxy) is 4. The van der Waals surface area contributed by atoms with Crippen LogP contribution in [-0.4, -0.2) is 96.7 Å². The van der Waals surface area contributed by atoms with E-state index >= 15 is 0 Å². The van der Waals surface area contributed by atoms with E-state index in [0.717, 1.165) is 167 Å². The molecule has 5 unspecified atom stereocenters. The van der Waals surface area contributed by atoms with E-state index in [1.807, 2.05) is 0 Å². The van der Waals surface area contributed by atoms with Gasteiger partial charge in [-0.1, -0.05) is 260 Å². The van der Waals surface area contributed by atoms with Gasteiger partial charge in [-0.3, -0.25) is 37.3 Å². The topological polar surface area (TPSA) is 237 Å². The van der Waals surface area contributed by atoms with Crippen LogP contribution in [0, 0.1) is 0 Å². The number of aliphatic hydroxyl groups is 1. The minimum Gasteiger partial charge on any atom is -0.462 e. The molecule has 0 rings (SSSR count). The van der Waals surface area contributed by atoms with Crippen LogP contribution in [0.15, 0.2) is 85.1 Å². The van der Waals surface area contributed by atoms with Crippen LogP contribution in [0.5, 0.6) is 0 Å². The fraction of sp³-hybridized carbons (Fsp3) is 0.772. The number of allylic oxidation sites excluding steroid dienone is 14. The molecule has 0 saturated carbocycles. The highest BCUT2D eigenvalue weighted by Gasteiger charge is 2.30. The maximum Gasteiger partial charge on any atom is 0.472 e. The van der Waals surface area contributed by atoms with Crippen molar-refractivity contribution in [1.29, 1.82) is 0 Å². The first-order valence-corrected chi connectivity index (χ1v) is 41.8. The molecule has 0 aromatic rings. The molecule has 0 aliphatic rings. The maximum atomic E-state index is 13.1. The molecule has 3 N–H and O–H groups in total. The lowest BCUT2D eigenvalue weighted by molar-refractivity contribution is -0.161. The molecular formula is C79H140O17P2. The molecule has 98 heavy (non-hydrogen) atoms. The van der Waals surface area contributed by atoms with E-state index in [-0.39, 0.29) is 25.7 Å². The number of carbonyl (C=O) groups is 4. The highest BCUT2D eigenvalue weighted by Crippen LogP contribution is 2.45. The van der Waals surface area contributed by atoms with Crippen LogP contribution in [0.3, 0.4) is 0 Å². The van der Waals surface area contributed by atoms with Gasteiger partial charge in [0.15, 0.2) is 12.2 Å². The number of unbranched alkanes of at least 4 members (excludes halogenated alkanes) is 33. The van der Waals surface area contributed by atoms with Gasteiger partial charge in [-0.15, -0.1) is 0 Å². The zero-order chi connectivity index (χ0) is 71.8. The Hall–Kier alpha value is -3.76. The Kier molecular flexibility index (Phi) is 68.9. The zero-order valence-corrected chi connectivity index (χ0v) is 63.7. The molecule has 0 saturated heterocycles. The fourth-order valence-corrected chi connectivity index (χ4v) is 11.9. The molecule has 0 fully saturated rings. The minimum atomic E-state index is -4.98. The summed E-state index contributed by atoms with van der Waals surface area (Å²) in [6.45, 7) is 4.69. The van der Waals surface area contributed by atoms with Crippen molar-refractivity contribution in [3.05, 3.63) is 85.1 Å². The predicted octanol–water partition coefficient (Wildman–Crippen LogP) is 22.2. The molecule has 17 nitrogen and oxygen atoms in total. The number of phosphoric ester groups is 2. The Labute approximate surface area is 595 Å². The largest absolute Gasteiger partial charge is 0.472 e. The molecular weight excluding hydrogens is 1280 g/mol. The lowest BCUT2D eigenvalue weighted by atomic mass is 10.1. The highest BCUT2D eigenvalue weighted by molar-refractivity contribution is 7.47. The van der Waals surface area contributed by atoms with Gasteiger partial charge in [0.25, 0.3) is 0 Å². The Bertz CT molecular complexity index is 2190. The van der Waals surface area contributed by atoms with Crippen LogP contribution < -0.4 is 0 Å². The van der Waals surface area contributed by atoms with E-state index in [0.29, 0.717) is 25.7 Å². The van der Waals surface area contributed by atoms with Crippen LogP contribution in [0.4, 0.5) is 0 Å². The Morgan fingerprint density at radius 2 is 0.541 bits per heavy atom. The molecule has 0 aromatic heterocycles. The van der Waals surface area contributed by atoms with Gasteiger partial charge < -0.3 is 33.8 Å². The summed E-state index contributed by atoms with van der Waals surface area (Å²) in [6.07, 6.45) is 72.9. The van der Waals surface area contributed by atoms with E-state index in [4.69, 9.17) is 37.0 Å². The molecule has 19 heteroatoms. The molecule has 0 spiro atoms. The van der Waals surface area contributed by atoms with E-state index < -0.39 is 97.5 Å². The third-order valence-corrected chi connectivity index (χ3v) is 18.2. The molecule has 0 heterocycles. The second-order valence-corrected chi connectivity index (χ2v) is 28.8. The predicted molar refractivity (Wildman–Crippen MR) is 399 cm³/mol. The van der Waals surface area contributed by atoms with Gasteiger partial charge in [-0.05, 0) is 135 Å². The summed E-state index contributed by atoms with van der Waals surface area (Å²) < 4.78 is 68.4. The molecule has 0 aliphatic carbocycles. The molecule has 0 amide bonds. The van der Waals surface area contributed by atoms with Gasteiger partial charge in [0.05, 0.1) is 26.4 Å². The van der Waals surface area contributed by atoms with E-state index in [2.05, 4.69) is 113 Å². The van der Waals surface area contributed by atoms with Crippen LogP contribution in [0.2, 0.25) is 0 Å². The molecule has 5 atom stereocenters. The van der Waals surface area contributed by atoms with Crippen LogP contribution >= 0.6 is 15.6 Å². The van der Waals surface area contributed by atoms with Crippen molar-refractivity contribution < 1.29 is 80.2 Å². The SMILES string of the molecule is CC/C=C\C/C=C\C/C=C\C/C=C\CCCCCCC(=O)OCC(COP(=O)(O)OCC(O)COP(=O)(O)OCC(COC(=O)CCCCCCC/C=C\CCCCCCCC)OC(=O)CCCCCCC/C=C\CCCCCCCC)OC(=O)CCCCCCC/C=C\CCCC. The summed E-state index contributed by atoms with van der Waals surface area (Å²) in [5.41, 5.74) is 0. The number of hydrogen-bond acceptors (Lipinski definition) is 15. The number of esters is 4. The highest BCUT2D eigenvalue weighted by atomic mass is 31.2. The van der Waals surface area contributed by atoms with E-state index in [1.165, 1.54) is 89.9 Å². The van der Waals surface area contributed by atoms with Gasteiger partial charge in [-0.2, -0.15) is 0 Å². The molecule has 568 valence electrons. The van der Waals surface area contributed by atoms with E-state index in [1.54, 1.807) is 0 Å². The number of carbonyl (C=O) groups excluding carboxylic acids is 4. The standard InChI is InChI=1S/C79H140O17P2/c1-5-9-13-17-21-25-29-32-35-36-39-41-45-48-52-56-60-64-77(82)89-69-74(95-78(83)65-61-57-53-49-43-28-24-20-16-12-8-4)71-93-97(85,86)91-67-73(80)68-92-98(87,88)94-72-75(96-79(84)66-62-58-54-50-46-42-38-34-31-27-23-19-15-11-7-3)70-90-76(81)63-59-55-51-47-44-40-37-33-30-26-22-18-14-10-6-2/h9,13,20-21,24-25,32-35,37-39,41,73-75,80H,5-8,10-12,14-19,22-23,26-31,36,40,42-72H2,1-4H3,(H,85,86)(H,87,88)/b13-9-,24-20-,25-21-,35-32-,37-33-,38-34-,41-39-. The normalized spacial score (nSPS) is 14.4. The van der Waals surface area contributed by atoms with Crippen molar-refractivity contribution in [1.82, 2.24) is 0 Å². The first-order chi connectivity index (χ1) is 47.7. The summed E-state index contributed by atoms with van der Waals surface area (Å²) >= 11 is 0. The second kappa shape index (κ2) is 71.6. The van der Waals surface area contributed by atoms with Gasteiger partial charge in [-0.25, -0.2) is 9.13 Å². The third-order valence-electron chi connectivity index (χ3n) is 16.3. The Morgan fingerprint density at radius 3 is 0.857 bits per heavy atom. The number of rotatable bonds is 73. The number of phosphoric acid groups is 2. The van der Waals surface area contributed by atoms with Crippen molar-refractivity contribution in [3.8, 4) is 0 Å². The van der Waals surface area contributed by atoms with Crippen LogP contribution in [0.25, 0.3) is 0 Å². The van der Waals surface area contributed by atoms with Crippen LogP contribution in [-0.2, 0) is 65.4 Å². The van der Waals surface area contributed by atoms with Crippen LogP contribution in [0.1, 0.15) is 336 Å². The van der Waals surface area contributed by atoms with Gasteiger partial charge in [0.1, 0.15) is 19.3 Å². The van der Waals surface area contributed by atoms with Crippen molar-refractivity contribution in [3.63, 3.8) is 0 Å². The lowest BCUT2D eigenvalue weighted by Crippen LogP contribution is -2.30. The fourth-order valence-electron chi connectivity index (χ4n) is 10.4. The van der Waals surface area contributed by atoms with Crippen molar-refractivity contribution in [2.24, 2.45) is 0 Å². The zero-order valence-electron chi connectivity index (χ0n) is 62.0. The lowest BCUT2D eigenvalue weighted by Gasteiger charge is -2.21. The summed E-state index contributed by atoms with van der Waals surface area (Å²) in [5, 5.41) is 10.6. The molecule has 0 aromatic carbocycles. The second-order valence-electron chi connectivity index (χ2n) is 25.9. The maximum absolute atomic E-state index is 13.1. The quantitative estimate of drug-likeness (QED) is 0.0169. The van der Waals surface area contributed by atoms with Gasteiger partial charge in [0, 0.05) is 25.7 Å². The molecule has 0 bridgehead atoms. The summed E-state index contributed by atoms with van der Waals surface area (Å²) in [7, 11) is -9.95. The summed E-state index contributed by atoms with van der Waals surface area (Å²) in [6, 6.07) is 0. The van der Waals surface area contributed by atoms with Gasteiger partial charge in [0.2, 0.25) is 0 Å². The third kappa shape index (κ3) is 70.7. The smallest absolute Gasteiger partial charge is 0.462 e. The average molecular weight is 1420 g/mol.